The molecular weight excluding hydrogens is 610 g/mol. The Morgan fingerprint density at radius 1 is 0.771 bits per heavy atom. The number of carbonyl (C=O) groups excluding carboxylic acids is 3. The van der Waals surface area contributed by atoms with Crippen LogP contribution in [0.25, 0.3) is 0 Å². The Balaban J connectivity index is 1.57. The first kappa shape index (κ1) is 38.5. The van der Waals surface area contributed by atoms with Gasteiger partial charge in [-0.2, -0.15) is 0 Å². The minimum atomic E-state index is -0.828. The van der Waals surface area contributed by atoms with Gasteiger partial charge in [0.25, 0.3) is 0 Å². The van der Waals surface area contributed by atoms with E-state index in [1.165, 1.54) is 4.90 Å². The van der Waals surface area contributed by atoms with Gasteiger partial charge in [-0.15, -0.1) is 0 Å². The number of piperidine rings is 1. The fourth-order valence-corrected chi connectivity index (χ4v) is 5.57. The average Bonchev–Trinajstić information content (AvgIpc) is 3.09. The highest BCUT2D eigenvalue weighted by molar-refractivity contribution is 5.73. The van der Waals surface area contributed by atoms with Gasteiger partial charge in [0, 0.05) is 32.5 Å². The van der Waals surface area contributed by atoms with Gasteiger partial charge < -0.3 is 23.8 Å². The molecule has 0 aromatic heterocycles. The number of carbonyl (C=O) groups is 3. The highest BCUT2D eigenvalue weighted by Crippen LogP contribution is 2.25. The van der Waals surface area contributed by atoms with Gasteiger partial charge in [0.2, 0.25) is 0 Å². The molecule has 3 rings (SSSR count). The highest BCUT2D eigenvalue weighted by atomic mass is 16.6. The van der Waals surface area contributed by atoms with Crippen LogP contribution in [0.5, 0.6) is 17.2 Å². The van der Waals surface area contributed by atoms with Crippen LogP contribution in [0.15, 0.2) is 54.6 Å². The molecule has 10 nitrogen and oxygen atoms in total. The molecule has 0 bridgehead atoms. The molecule has 3 amide bonds. The van der Waals surface area contributed by atoms with Crippen molar-refractivity contribution in [3.05, 3.63) is 54.6 Å². The van der Waals surface area contributed by atoms with Crippen LogP contribution < -0.4 is 14.8 Å². The van der Waals surface area contributed by atoms with Crippen molar-refractivity contribution < 1.29 is 33.3 Å². The molecular formula is C38H57N3O7. The van der Waals surface area contributed by atoms with E-state index in [9.17, 15) is 14.4 Å². The summed E-state index contributed by atoms with van der Waals surface area (Å²) in [7, 11) is 0. The largest absolute Gasteiger partial charge is 0.457 e. The summed E-state index contributed by atoms with van der Waals surface area (Å²) in [5, 5.41) is 2.77. The lowest BCUT2D eigenvalue weighted by molar-refractivity contribution is -0.0303. The number of benzene rings is 2. The number of hydrogen-bond donors (Lipinski definition) is 1. The number of unbranched alkanes of at least 4 members (excludes halogenated alkanes) is 8. The third-order valence-electron chi connectivity index (χ3n) is 8.35. The fraction of sp³-hybridized carbons (Fsp3) is 0.605. The molecule has 1 fully saturated rings. The maximum atomic E-state index is 13.3. The SMILES string of the molecule is CCCCCCN(CCCCCC)C(=O)OC(CCCCC)NC(=O)OC1CCCCN1C(=O)Oc1ccc(Oc2ccccc2)cc1. The van der Waals surface area contributed by atoms with E-state index in [-0.39, 0.29) is 0 Å². The van der Waals surface area contributed by atoms with Crippen molar-refractivity contribution in [3.63, 3.8) is 0 Å². The molecule has 0 saturated carbocycles. The number of nitrogens with zero attached hydrogens (tertiary/aromatic N) is 2. The normalized spacial score (nSPS) is 14.9. The minimum absolute atomic E-state index is 0.353. The number of hydrogen-bond acceptors (Lipinski definition) is 7. The average molecular weight is 668 g/mol. The van der Waals surface area contributed by atoms with E-state index in [2.05, 4.69) is 26.1 Å². The van der Waals surface area contributed by atoms with Crippen LogP contribution in [0.1, 0.15) is 117 Å². The summed E-state index contributed by atoms with van der Waals surface area (Å²) >= 11 is 0. The van der Waals surface area contributed by atoms with E-state index in [4.69, 9.17) is 18.9 Å². The highest BCUT2D eigenvalue weighted by Gasteiger charge is 2.32. The zero-order chi connectivity index (χ0) is 34.4. The van der Waals surface area contributed by atoms with Crippen LogP contribution in [-0.4, -0.2) is 60.2 Å². The molecule has 1 heterocycles. The summed E-state index contributed by atoms with van der Waals surface area (Å²) in [5.41, 5.74) is 0. The van der Waals surface area contributed by atoms with Crippen molar-refractivity contribution in [3.8, 4) is 17.2 Å². The van der Waals surface area contributed by atoms with Crippen LogP contribution in [0.4, 0.5) is 14.4 Å². The molecule has 1 N–H and O–H groups in total. The van der Waals surface area contributed by atoms with Crippen molar-refractivity contribution in [2.45, 2.75) is 130 Å². The summed E-state index contributed by atoms with van der Waals surface area (Å²) in [6.45, 7) is 8.10. The topological polar surface area (TPSA) is 107 Å². The summed E-state index contributed by atoms with van der Waals surface area (Å²) in [4.78, 5) is 42.9. The Morgan fingerprint density at radius 3 is 2.02 bits per heavy atom. The second-order valence-corrected chi connectivity index (χ2v) is 12.4. The molecule has 1 aliphatic heterocycles. The van der Waals surface area contributed by atoms with Crippen LogP contribution in [0.3, 0.4) is 0 Å². The maximum Gasteiger partial charge on any atom is 0.418 e. The lowest BCUT2D eigenvalue weighted by Crippen LogP contribution is -2.50. The van der Waals surface area contributed by atoms with Crippen molar-refractivity contribution >= 4 is 18.3 Å². The summed E-state index contributed by atoms with van der Waals surface area (Å²) in [5.74, 6) is 1.67. The fourth-order valence-electron chi connectivity index (χ4n) is 5.57. The molecule has 10 heteroatoms. The van der Waals surface area contributed by atoms with E-state index < -0.39 is 30.7 Å². The first-order valence-corrected chi connectivity index (χ1v) is 18.2. The zero-order valence-corrected chi connectivity index (χ0v) is 29.3. The van der Waals surface area contributed by atoms with Crippen molar-refractivity contribution in [1.29, 1.82) is 0 Å². The van der Waals surface area contributed by atoms with Crippen LogP contribution >= 0.6 is 0 Å². The van der Waals surface area contributed by atoms with Gasteiger partial charge in [0.15, 0.2) is 12.5 Å². The molecule has 0 spiro atoms. The molecule has 2 unspecified atom stereocenters. The Morgan fingerprint density at radius 2 is 1.38 bits per heavy atom. The van der Waals surface area contributed by atoms with Crippen molar-refractivity contribution in [2.24, 2.45) is 0 Å². The van der Waals surface area contributed by atoms with E-state index in [1.807, 2.05) is 30.3 Å². The van der Waals surface area contributed by atoms with Crippen LogP contribution in [-0.2, 0) is 9.47 Å². The number of para-hydroxylation sites is 1. The number of nitrogens with one attached hydrogen (secondary N) is 1. The minimum Gasteiger partial charge on any atom is -0.457 e. The molecule has 0 aliphatic carbocycles. The van der Waals surface area contributed by atoms with Gasteiger partial charge in [0.05, 0.1) is 0 Å². The Hall–Kier alpha value is -3.95. The predicted octanol–water partition coefficient (Wildman–Crippen LogP) is 10.0. The summed E-state index contributed by atoms with van der Waals surface area (Å²) in [6, 6.07) is 16.2. The van der Waals surface area contributed by atoms with Crippen LogP contribution in [0.2, 0.25) is 0 Å². The monoisotopic (exact) mass is 667 g/mol. The standard InChI is InChI=1S/C38H57N3O7/c1-4-7-10-17-28-40(29-18-11-8-5-2)37(43)47-34(22-13-9-6-3)39-36(42)48-35-23-16-19-30-41(35)38(44)46-33-26-24-32(25-27-33)45-31-20-14-12-15-21-31/h12,14-15,20-21,24-27,34-35H,4-11,13,16-19,22-23,28-30H2,1-3H3,(H,39,42). The van der Waals surface area contributed by atoms with E-state index in [0.717, 1.165) is 83.5 Å². The van der Waals surface area contributed by atoms with Gasteiger partial charge in [0.1, 0.15) is 17.2 Å². The number of ether oxygens (including phenoxy) is 4. The predicted molar refractivity (Wildman–Crippen MR) is 187 cm³/mol. The Kier molecular flexibility index (Phi) is 18.1. The van der Waals surface area contributed by atoms with Gasteiger partial charge in [-0.1, -0.05) is 90.3 Å². The number of amides is 3. The molecule has 266 valence electrons. The summed E-state index contributed by atoms with van der Waals surface area (Å²) < 4.78 is 23.1. The van der Waals surface area contributed by atoms with E-state index >= 15 is 0 Å². The lowest BCUT2D eigenvalue weighted by Gasteiger charge is -2.34. The molecule has 2 atom stereocenters. The van der Waals surface area contributed by atoms with E-state index in [0.29, 0.717) is 49.7 Å². The maximum absolute atomic E-state index is 13.3. The van der Waals surface area contributed by atoms with Gasteiger partial charge in [-0.05, 0) is 68.5 Å². The Labute approximate surface area is 287 Å². The second-order valence-electron chi connectivity index (χ2n) is 12.4. The first-order chi connectivity index (χ1) is 23.4. The molecule has 48 heavy (non-hydrogen) atoms. The van der Waals surface area contributed by atoms with Gasteiger partial charge >= 0.3 is 18.3 Å². The van der Waals surface area contributed by atoms with Crippen molar-refractivity contribution in [2.75, 3.05) is 19.6 Å². The van der Waals surface area contributed by atoms with Crippen LogP contribution in [0, 0.1) is 0 Å². The third-order valence-corrected chi connectivity index (χ3v) is 8.35. The molecule has 2 aromatic carbocycles. The quantitative estimate of drug-likeness (QED) is 0.111. The Bertz CT molecular complexity index is 1180. The lowest BCUT2D eigenvalue weighted by atomic mass is 10.1. The number of alkyl carbamates (subject to hydrolysis) is 1. The second kappa shape index (κ2) is 22.6. The zero-order valence-electron chi connectivity index (χ0n) is 29.3. The molecule has 2 aromatic rings. The molecule has 1 aliphatic rings. The first-order valence-electron chi connectivity index (χ1n) is 18.2. The number of rotatable bonds is 20. The van der Waals surface area contributed by atoms with Crippen molar-refractivity contribution in [1.82, 2.24) is 15.1 Å². The summed E-state index contributed by atoms with van der Waals surface area (Å²) in [6.07, 6.45) is 10.4. The smallest absolute Gasteiger partial charge is 0.418 e. The van der Waals surface area contributed by atoms with Gasteiger partial charge in [-0.3, -0.25) is 10.2 Å². The van der Waals surface area contributed by atoms with Gasteiger partial charge in [-0.25, -0.2) is 14.4 Å². The van der Waals surface area contributed by atoms with E-state index in [1.54, 1.807) is 29.2 Å². The molecule has 0 radical (unpaired) electrons. The molecule has 1 saturated heterocycles. The number of likely N-dealkylation sites (tertiary alicyclic amines) is 1. The third kappa shape index (κ3) is 14.4.